The molecular formula is C14H20N4O2S. The molecule has 0 saturated carbocycles. The number of nitrogens with one attached hydrogen (secondary N) is 1. The monoisotopic (exact) mass is 308 g/mol. The maximum atomic E-state index is 12.8. The Bertz CT molecular complexity index is 752. The summed E-state index contributed by atoms with van der Waals surface area (Å²) in [5, 5.41) is 6.50. The van der Waals surface area contributed by atoms with Gasteiger partial charge in [0.15, 0.2) is 0 Å². The third-order valence-corrected chi connectivity index (χ3v) is 5.68. The van der Waals surface area contributed by atoms with Crippen molar-refractivity contribution >= 4 is 15.7 Å². The average molecular weight is 308 g/mol. The first kappa shape index (κ1) is 15.5. The van der Waals surface area contributed by atoms with E-state index >= 15 is 0 Å². The number of rotatable bonds is 4. The SMILES string of the molecule is Cc1cc(C)c(S(=O)(=O)N(C)Cc2cn[nH]c2)c(C)c1N. The molecule has 0 unspecified atom stereocenters. The van der Waals surface area contributed by atoms with E-state index in [1.807, 2.05) is 6.92 Å². The summed E-state index contributed by atoms with van der Waals surface area (Å²) in [6.07, 6.45) is 3.28. The zero-order valence-corrected chi connectivity index (χ0v) is 13.5. The first-order valence-corrected chi connectivity index (χ1v) is 7.99. The van der Waals surface area contributed by atoms with Crippen molar-refractivity contribution in [2.45, 2.75) is 32.2 Å². The smallest absolute Gasteiger partial charge is 0.243 e. The third kappa shape index (κ3) is 2.79. The minimum Gasteiger partial charge on any atom is -0.398 e. The number of aromatic nitrogens is 2. The Balaban J connectivity index is 2.47. The van der Waals surface area contributed by atoms with Crippen LogP contribution in [-0.2, 0) is 16.6 Å². The topological polar surface area (TPSA) is 92.1 Å². The second kappa shape index (κ2) is 5.50. The predicted octanol–water partition coefficient (Wildman–Crippen LogP) is 1.74. The number of aryl methyl sites for hydroxylation is 2. The van der Waals surface area contributed by atoms with Crippen molar-refractivity contribution in [2.75, 3.05) is 12.8 Å². The molecule has 0 bridgehead atoms. The lowest BCUT2D eigenvalue weighted by Gasteiger charge is -2.21. The fourth-order valence-corrected chi connectivity index (χ4v) is 4.03. The van der Waals surface area contributed by atoms with Gasteiger partial charge in [0.25, 0.3) is 0 Å². The highest BCUT2D eigenvalue weighted by molar-refractivity contribution is 7.89. The normalized spacial score (nSPS) is 12.0. The summed E-state index contributed by atoms with van der Waals surface area (Å²) in [5.41, 5.74) is 9.51. The molecule has 0 aliphatic carbocycles. The molecule has 1 aromatic heterocycles. The summed E-state index contributed by atoms with van der Waals surface area (Å²) >= 11 is 0. The molecule has 3 N–H and O–H groups in total. The van der Waals surface area contributed by atoms with Crippen molar-refractivity contribution < 1.29 is 8.42 Å². The van der Waals surface area contributed by atoms with Crippen LogP contribution in [0, 0.1) is 20.8 Å². The molecule has 6 nitrogen and oxygen atoms in total. The van der Waals surface area contributed by atoms with Crippen LogP contribution in [0.25, 0.3) is 0 Å². The maximum Gasteiger partial charge on any atom is 0.243 e. The number of aromatic amines is 1. The van der Waals surface area contributed by atoms with Gasteiger partial charge < -0.3 is 5.73 Å². The molecule has 0 spiro atoms. The van der Waals surface area contributed by atoms with Gasteiger partial charge in [0.05, 0.1) is 11.1 Å². The largest absolute Gasteiger partial charge is 0.398 e. The number of nitrogens with two attached hydrogens (primary N) is 1. The molecule has 1 aromatic carbocycles. The van der Waals surface area contributed by atoms with Crippen LogP contribution in [0.3, 0.4) is 0 Å². The lowest BCUT2D eigenvalue weighted by molar-refractivity contribution is 0.466. The molecule has 1 heterocycles. The number of nitrogen functional groups attached to an aromatic ring is 1. The number of hydrogen-bond acceptors (Lipinski definition) is 4. The molecule has 7 heteroatoms. The number of nitrogens with zero attached hydrogens (tertiary/aromatic N) is 2. The van der Waals surface area contributed by atoms with Gasteiger partial charge in [0, 0.05) is 31.0 Å². The number of anilines is 1. The van der Waals surface area contributed by atoms with Gasteiger partial charge >= 0.3 is 0 Å². The Morgan fingerprint density at radius 1 is 1.29 bits per heavy atom. The van der Waals surface area contributed by atoms with Gasteiger partial charge in [-0.3, -0.25) is 5.10 Å². The zero-order valence-electron chi connectivity index (χ0n) is 12.6. The highest BCUT2D eigenvalue weighted by Crippen LogP contribution is 2.30. The van der Waals surface area contributed by atoms with E-state index in [1.54, 1.807) is 39.4 Å². The quantitative estimate of drug-likeness (QED) is 0.841. The van der Waals surface area contributed by atoms with E-state index in [1.165, 1.54) is 4.31 Å². The molecular weight excluding hydrogens is 288 g/mol. The van der Waals surface area contributed by atoms with Gasteiger partial charge in [0.1, 0.15) is 0 Å². The minimum absolute atomic E-state index is 0.255. The van der Waals surface area contributed by atoms with Crippen LogP contribution in [0.5, 0.6) is 0 Å². The van der Waals surface area contributed by atoms with Gasteiger partial charge in [0.2, 0.25) is 10.0 Å². The summed E-state index contributed by atoms with van der Waals surface area (Å²) in [6, 6.07) is 1.81. The van der Waals surface area contributed by atoms with Gasteiger partial charge in [-0.25, -0.2) is 8.42 Å². The Morgan fingerprint density at radius 3 is 2.52 bits per heavy atom. The van der Waals surface area contributed by atoms with Gasteiger partial charge in [-0.15, -0.1) is 0 Å². The fraction of sp³-hybridized carbons (Fsp3) is 0.357. The number of sulfonamides is 1. The van der Waals surface area contributed by atoms with Crippen LogP contribution < -0.4 is 5.73 Å². The molecule has 0 saturated heterocycles. The van der Waals surface area contributed by atoms with E-state index in [2.05, 4.69) is 10.2 Å². The molecule has 114 valence electrons. The number of H-pyrrole nitrogens is 1. The van der Waals surface area contributed by atoms with Crippen molar-refractivity contribution in [3.8, 4) is 0 Å². The van der Waals surface area contributed by atoms with Crippen LogP contribution in [0.15, 0.2) is 23.4 Å². The van der Waals surface area contributed by atoms with Crippen LogP contribution in [0.4, 0.5) is 5.69 Å². The van der Waals surface area contributed by atoms with E-state index in [4.69, 9.17) is 5.73 Å². The van der Waals surface area contributed by atoms with Crippen LogP contribution in [0.1, 0.15) is 22.3 Å². The van der Waals surface area contributed by atoms with Gasteiger partial charge in [-0.05, 0) is 37.5 Å². The van der Waals surface area contributed by atoms with Crippen molar-refractivity contribution in [2.24, 2.45) is 0 Å². The van der Waals surface area contributed by atoms with Crippen molar-refractivity contribution in [3.05, 3.63) is 40.7 Å². The van der Waals surface area contributed by atoms with Crippen molar-refractivity contribution in [1.29, 1.82) is 0 Å². The first-order chi connectivity index (χ1) is 9.75. The van der Waals surface area contributed by atoms with Crippen molar-refractivity contribution in [3.63, 3.8) is 0 Å². The third-order valence-electron chi connectivity index (χ3n) is 3.59. The lowest BCUT2D eigenvalue weighted by Crippen LogP contribution is -2.28. The highest BCUT2D eigenvalue weighted by Gasteiger charge is 2.26. The maximum absolute atomic E-state index is 12.8. The molecule has 0 atom stereocenters. The van der Waals surface area contributed by atoms with Crippen LogP contribution in [0.2, 0.25) is 0 Å². The number of benzene rings is 1. The van der Waals surface area contributed by atoms with Crippen molar-refractivity contribution in [1.82, 2.24) is 14.5 Å². The standard InChI is InChI=1S/C14H20N4O2S/c1-9-5-10(2)14(11(3)13(9)15)21(19,20)18(4)8-12-6-16-17-7-12/h5-7H,8,15H2,1-4H3,(H,16,17). The summed E-state index contributed by atoms with van der Waals surface area (Å²) in [6.45, 7) is 5.67. The molecule has 0 aliphatic heterocycles. The molecule has 0 amide bonds. The van der Waals surface area contributed by atoms with Gasteiger partial charge in [-0.2, -0.15) is 9.40 Å². The molecule has 21 heavy (non-hydrogen) atoms. The summed E-state index contributed by atoms with van der Waals surface area (Å²) in [7, 11) is -2.05. The minimum atomic E-state index is -3.60. The molecule has 2 aromatic rings. The predicted molar refractivity (Wildman–Crippen MR) is 82.3 cm³/mol. The summed E-state index contributed by atoms with van der Waals surface area (Å²) in [5.74, 6) is 0. The van der Waals surface area contributed by atoms with E-state index in [9.17, 15) is 8.42 Å². The van der Waals surface area contributed by atoms with Crippen LogP contribution in [-0.4, -0.2) is 30.0 Å². The van der Waals surface area contributed by atoms with E-state index in [0.29, 0.717) is 16.8 Å². The molecule has 2 rings (SSSR count). The second-order valence-electron chi connectivity index (χ2n) is 5.25. The Hall–Kier alpha value is -1.86. The Morgan fingerprint density at radius 2 is 1.95 bits per heavy atom. The summed E-state index contributed by atoms with van der Waals surface area (Å²) < 4.78 is 26.9. The first-order valence-electron chi connectivity index (χ1n) is 6.55. The van der Waals surface area contributed by atoms with E-state index in [-0.39, 0.29) is 11.4 Å². The summed E-state index contributed by atoms with van der Waals surface area (Å²) in [4.78, 5) is 0.289. The Labute approximate surface area is 125 Å². The lowest BCUT2D eigenvalue weighted by atomic mass is 10.1. The van der Waals surface area contributed by atoms with E-state index < -0.39 is 10.0 Å². The van der Waals surface area contributed by atoms with Gasteiger partial charge in [-0.1, -0.05) is 6.07 Å². The second-order valence-corrected chi connectivity index (χ2v) is 7.23. The zero-order chi connectivity index (χ0) is 15.8. The van der Waals surface area contributed by atoms with E-state index in [0.717, 1.165) is 11.1 Å². The Kier molecular flexibility index (Phi) is 4.06. The number of hydrogen-bond donors (Lipinski definition) is 2. The van der Waals surface area contributed by atoms with Crippen LogP contribution >= 0.6 is 0 Å². The highest BCUT2D eigenvalue weighted by atomic mass is 32.2. The average Bonchev–Trinajstić information content (AvgIpc) is 2.88. The molecule has 0 fully saturated rings. The molecule has 0 aliphatic rings. The molecule has 0 radical (unpaired) electrons. The fourth-order valence-electron chi connectivity index (χ4n) is 2.44.